The van der Waals surface area contributed by atoms with Crippen LogP contribution in [0.15, 0.2) is 41.7 Å². The summed E-state index contributed by atoms with van der Waals surface area (Å²) in [4.78, 5) is 28.6. The number of anilines is 1. The van der Waals surface area contributed by atoms with E-state index in [2.05, 4.69) is 29.4 Å². The van der Waals surface area contributed by atoms with Crippen LogP contribution in [0.4, 0.5) is 5.13 Å². The lowest BCUT2D eigenvalue weighted by Crippen LogP contribution is -2.31. The van der Waals surface area contributed by atoms with Gasteiger partial charge in [-0.3, -0.25) is 10.1 Å². The predicted octanol–water partition coefficient (Wildman–Crippen LogP) is 3.13. The Bertz CT molecular complexity index is 844. The van der Waals surface area contributed by atoms with Crippen LogP contribution in [0.25, 0.3) is 11.3 Å². The number of amides is 1. The van der Waals surface area contributed by atoms with Gasteiger partial charge in [0.25, 0.3) is 5.91 Å². The van der Waals surface area contributed by atoms with Crippen LogP contribution >= 0.6 is 11.3 Å². The van der Waals surface area contributed by atoms with Gasteiger partial charge in [-0.1, -0.05) is 31.2 Å². The number of carbonyl (C=O) groups excluding carboxylic acids is 2. The molecule has 1 atom stereocenters. The topological polar surface area (TPSA) is 86.8 Å². The van der Waals surface area contributed by atoms with E-state index in [1.54, 1.807) is 0 Å². The molecular formula is C19H20N2O5S. The number of nitrogens with zero attached hydrogens (tertiary/aromatic N) is 1. The van der Waals surface area contributed by atoms with Gasteiger partial charge in [-0.05, 0) is 18.9 Å². The van der Waals surface area contributed by atoms with E-state index in [4.69, 9.17) is 14.2 Å². The number of ether oxygens (including phenoxy) is 3. The fourth-order valence-electron chi connectivity index (χ4n) is 2.33. The highest BCUT2D eigenvalue weighted by Gasteiger charge is 2.24. The van der Waals surface area contributed by atoms with Crippen molar-refractivity contribution < 1.29 is 23.8 Å². The second kappa shape index (κ2) is 8.68. The van der Waals surface area contributed by atoms with Gasteiger partial charge in [-0.25, -0.2) is 9.78 Å². The minimum Gasteiger partial charge on any atom is -0.493 e. The maximum Gasteiger partial charge on any atom is 0.377 e. The molecule has 0 bridgehead atoms. The molecule has 1 amide bonds. The van der Waals surface area contributed by atoms with Crippen molar-refractivity contribution in [3.63, 3.8) is 0 Å². The molecular weight excluding hydrogens is 368 g/mol. The number of esters is 1. The molecule has 1 aliphatic heterocycles. The van der Waals surface area contributed by atoms with Crippen molar-refractivity contribution in [1.82, 2.24) is 4.98 Å². The van der Waals surface area contributed by atoms with E-state index in [-0.39, 0.29) is 12.4 Å². The molecule has 1 aromatic heterocycles. The van der Waals surface area contributed by atoms with Crippen molar-refractivity contribution >= 4 is 28.3 Å². The van der Waals surface area contributed by atoms with Gasteiger partial charge in [-0.2, -0.15) is 0 Å². The number of hydrogen-bond donors (Lipinski definition) is 1. The largest absolute Gasteiger partial charge is 0.493 e. The molecule has 2 aromatic rings. The molecule has 0 saturated heterocycles. The minimum absolute atomic E-state index is 0.0482. The van der Waals surface area contributed by atoms with E-state index in [0.717, 1.165) is 17.7 Å². The summed E-state index contributed by atoms with van der Waals surface area (Å²) in [7, 11) is 0. The second-order valence-corrected chi connectivity index (χ2v) is 6.68. The summed E-state index contributed by atoms with van der Waals surface area (Å²) < 4.78 is 15.2. The van der Waals surface area contributed by atoms with Crippen LogP contribution < -0.4 is 5.32 Å². The van der Waals surface area contributed by atoms with E-state index >= 15 is 0 Å². The predicted molar refractivity (Wildman–Crippen MR) is 101 cm³/mol. The molecule has 3 rings (SSSR count). The number of carbonyl (C=O) groups is 2. The zero-order valence-corrected chi connectivity index (χ0v) is 15.9. The van der Waals surface area contributed by atoms with E-state index in [1.807, 2.05) is 17.5 Å². The van der Waals surface area contributed by atoms with Crippen LogP contribution in [0, 0.1) is 0 Å². The number of aromatic nitrogens is 1. The number of aryl methyl sites for hydroxylation is 1. The number of rotatable bonds is 6. The fourth-order valence-corrected chi connectivity index (χ4v) is 3.05. The molecule has 27 heavy (non-hydrogen) atoms. The Labute approximate surface area is 161 Å². The fraction of sp³-hybridized carbons (Fsp3) is 0.316. The molecule has 1 N–H and O–H groups in total. The molecule has 2 heterocycles. The van der Waals surface area contributed by atoms with Gasteiger partial charge in [-0.15, -0.1) is 11.3 Å². The monoisotopic (exact) mass is 388 g/mol. The SMILES string of the molecule is CCc1ccc(-c2csc(NC(=O)C(C)OC(=O)C3=COCCO3)n2)cc1. The Morgan fingerprint density at radius 3 is 2.74 bits per heavy atom. The number of benzene rings is 1. The highest BCUT2D eigenvalue weighted by molar-refractivity contribution is 7.14. The van der Waals surface area contributed by atoms with Gasteiger partial charge in [0.1, 0.15) is 19.5 Å². The zero-order valence-electron chi connectivity index (χ0n) is 15.1. The third kappa shape index (κ3) is 4.85. The van der Waals surface area contributed by atoms with Gasteiger partial charge >= 0.3 is 5.97 Å². The molecule has 1 aromatic carbocycles. The highest BCUT2D eigenvalue weighted by atomic mass is 32.1. The summed E-state index contributed by atoms with van der Waals surface area (Å²) in [5.41, 5.74) is 3.01. The van der Waals surface area contributed by atoms with Crippen molar-refractivity contribution in [2.24, 2.45) is 0 Å². The van der Waals surface area contributed by atoms with Crippen molar-refractivity contribution in [3.05, 3.63) is 47.2 Å². The molecule has 0 radical (unpaired) electrons. The van der Waals surface area contributed by atoms with E-state index in [0.29, 0.717) is 11.7 Å². The van der Waals surface area contributed by atoms with Gasteiger partial charge in [0.2, 0.25) is 5.76 Å². The maximum atomic E-state index is 12.2. The van der Waals surface area contributed by atoms with E-state index in [1.165, 1.54) is 30.1 Å². The Hall–Kier alpha value is -2.87. The standard InChI is InChI=1S/C19H20N2O5S/c1-3-13-4-6-14(7-5-13)15-11-27-19(20-15)21-17(22)12(2)26-18(23)16-10-24-8-9-25-16/h4-7,10-12H,3,8-9H2,1-2H3,(H,20,21,22). The molecule has 0 fully saturated rings. The lowest BCUT2D eigenvalue weighted by atomic mass is 10.1. The summed E-state index contributed by atoms with van der Waals surface area (Å²) in [5, 5.41) is 4.97. The summed E-state index contributed by atoms with van der Waals surface area (Å²) >= 11 is 1.31. The summed E-state index contributed by atoms with van der Waals surface area (Å²) in [6.45, 7) is 4.22. The number of hydrogen-bond acceptors (Lipinski definition) is 7. The van der Waals surface area contributed by atoms with Crippen LogP contribution in [0.2, 0.25) is 0 Å². The third-order valence-electron chi connectivity index (χ3n) is 3.90. The highest BCUT2D eigenvalue weighted by Crippen LogP contribution is 2.25. The zero-order chi connectivity index (χ0) is 19.2. The van der Waals surface area contributed by atoms with E-state index < -0.39 is 18.0 Å². The molecule has 7 nitrogen and oxygen atoms in total. The van der Waals surface area contributed by atoms with Crippen LogP contribution in [0.3, 0.4) is 0 Å². The van der Waals surface area contributed by atoms with Gasteiger partial charge in [0.15, 0.2) is 11.2 Å². The third-order valence-corrected chi connectivity index (χ3v) is 4.65. The smallest absolute Gasteiger partial charge is 0.377 e. The lowest BCUT2D eigenvalue weighted by molar-refractivity contribution is -0.153. The van der Waals surface area contributed by atoms with Crippen molar-refractivity contribution in [1.29, 1.82) is 0 Å². The number of thiazole rings is 1. The molecule has 1 aliphatic rings. The Balaban J connectivity index is 1.58. The molecule has 0 spiro atoms. The molecule has 0 aliphatic carbocycles. The summed E-state index contributed by atoms with van der Waals surface area (Å²) in [5.74, 6) is -1.26. The first-order chi connectivity index (χ1) is 13.1. The van der Waals surface area contributed by atoms with Gasteiger partial charge in [0, 0.05) is 10.9 Å². The second-order valence-electron chi connectivity index (χ2n) is 5.83. The van der Waals surface area contributed by atoms with Gasteiger partial charge < -0.3 is 14.2 Å². The lowest BCUT2D eigenvalue weighted by Gasteiger charge is -2.17. The average Bonchev–Trinajstić information content (AvgIpc) is 3.17. The average molecular weight is 388 g/mol. The normalized spacial score (nSPS) is 14.4. The van der Waals surface area contributed by atoms with Crippen LogP contribution in [-0.4, -0.2) is 36.2 Å². The van der Waals surface area contributed by atoms with Crippen molar-refractivity contribution in [2.75, 3.05) is 18.5 Å². The Morgan fingerprint density at radius 2 is 2.07 bits per heavy atom. The minimum atomic E-state index is -1.000. The maximum absolute atomic E-state index is 12.2. The first kappa shape index (κ1) is 18.9. The summed E-state index contributed by atoms with van der Waals surface area (Å²) in [6, 6.07) is 8.12. The van der Waals surface area contributed by atoms with Crippen LogP contribution in [0.1, 0.15) is 19.4 Å². The quantitative estimate of drug-likeness (QED) is 0.765. The Kier molecular flexibility index (Phi) is 6.08. The summed E-state index contributed by atoms with van der Waals surface area (Å²) in [6.07, 6.45) is 1.16. The molecule has 8 heteroatoms. The van der Waals surface area contributed by atoms with E-state index in [9.17, 15) is 9.59 Å². The van der Waals surface area contributed by atoms with Crippen molar-refractivity contribution in [3.8, 4) is 11.3 Å². The first-order valence-electron chi connectivity index (χ1n) is 8.58. The van der Waals surface area contributed by atoms with Crippen molar-refractivity contribution in [2.45, 2.75) is 26.4 Å². The van der Waals surface area contributed by atoms with Gasteiger partial charge in [0.05, 0.1) is 5.69 Å². The van der Waals surface area contributed by atoms with Crippen LogP contribution in [0.5, 0.6) is 0 Å². The molecule has 1 unspecified atom stereocenters. The van der Waals surface area contributed by atoms with Crippen LogP contribution in [-0.2, 0) is 30.2 Å². The number of nitrogens with one attached hydrogen (secondary N) is 1. The molecule has 0 saturated carbocycles. The molecule has 142 valence electrons. The Morgan fingerprint density at radius 1 is 1.30 bits per heavy atom. The first-order valence-corrected chi connectivity index (χ1v) is 9.46.